The van der Waals surface area contributed by atoms with Gasteiger partial charge in [0, 0.05) is 17.3 Å². The van der Waals surface area contributed by atoms with Crippen LogP contribution in [0.1, 0.15) is 25.0 Å². The molecule has 6 nitrogen and oxygen atoms in total. The molecule has 0 unspecified atom stereocenters. The van der Waals surface area contributed by atoms with Gasteiger partial charge in [-0.25, -0.2) is 4.68 Å². The lowest BCUT2D eigenvalue weighted by Gasteiger charge is -2.14. The number of benzene rings is 3. The van der Waals surface area contributed by atoms with E-state index in [1.165, 1.54) is 11.8 Å². The standard InChI is InChI=1S/C30H27N3O3S2/c1-20(2)36-26-15-11-22(12-16-26)28-23(19-33(31-28)24-7-5-4-6-8-24)17-27-29(34)32(30(37)38-27)18-21-9-13-25(35-3)14-10-21/h4-17,19-20H,18H2,1-3H3. The quantitative estimate of drug-likeness (QED) is 0.182. The van der Waals surface area contributed by atoms with Crippen LogP contribution >= 0.6 is 24.0 Å². The molecule has 0 atom stereocenters. The summed E-state index contributed by atoms with van der Waals surface area (Å²) in [6, 6.07) is 25.4. The SMILES string of the molecule is COc1ccc(CN2C(=O)C(=Cc3cn(-c4ccccc4)nc3-c3ccc(OC(C)C)cc3)SC2=S)cc1. The van der Waals surface area contributed by atoms with Crippen molar-refractivity contribution in [2.45, 2.75) is 26.5 Å². The Kier molecular flexibility index (Phi) is 7.62. The Labute approximate surface area is 231 Å². The molecule has 0 spiro atoms. The van der Waals surface area contributed by atoms with E-state index in [1.54, 1.807) is 12.0 Å². The van der Waals surface area contributed by atoms with Crippen molar-refractivity contribution >= 4 is 40.3 Å². The zero-order valence-electron chi connectivity index (χ0n) is 21.3. The minimum Gasteiger partial charge on any atom is -0.497 e. The van der Waals surface area contributed by atoms with Crippen molar-refractivity contribution in [3.63, 3.8) is 0 Å². The Balaban J connectivity index is 1.47. The van der Waals surface area contributed by atoms with Crippen LogP contribution in [0.15, 0.2) is 90.0 Å². The number of aromatic nitrogens is 2. The summed E-state index contributed by atoms with van der Waals surface area (Å²) in [4.78, 5) is 15.6. The number of thiocarbonyl (C=S) groups is 1. The van der Waals surface area contributed by atoms with Crippen molar-refractivity contribution < 1.29 is 14.3 Å². The molecule has 38 heavy (non-hydrogen) atoms. The molecule has 0 radical (unpaired) electrons. The first-order chi connectivity index (χ1) is 18.4. The van der Waals surface area contributed by atoms with Gasteiger partial charge in [-0.3, -0.25) is 9.69 Å². The first-order valence-electron chi connectivity index (χ1n) is 12.2. The van der Waals surface area contributed by atoms with E-state index < -0.39 is 0 Å². The van der Waals surface area contributed by atoms with E-state index in [-0.39, 0.29) is 12.0 Å². The molecule has 0 aliphatic carbocycles. The lowest BCUT2D eigenvalue weighted by atomic mass is 10.1. The summed E-state index contributed by atoms with van der Waals surface area (Å²) in [6.45, 7) is 4.40. The molecular weight excluding hydrogens is 514 g/mol. The van der Waals surface area contributed by atoms with Crippen LogP contribution in [0.3, 0.4) is 0 Å². The number of ether oxygens (including phenoxy) is 2. The Bertz CT molecular complexity index is 1480. The van der Waals surface area contributed by atoms with E-state index in [1.807, 2.05) is 110 Å². The molecule has 1 aromatic heterocycles. The predicted molar refractivity (Wildman–Crippen MR) is 156 cm³/mol. The Hall–Kier alpha value is -3.88. The number of hydrogen-bond donors (Lipinski definition) is 0. The number of methoxy groups -OCH3 is 1. The second kappa shape index (κ2) is 11.2. The maximum Gasteiger partial charge on any atom is 0.266 e. The Morgan fingerprint density at radius 3 is 2.32 bits per heavy atom. The molecule has 1 fully saturated rings. The minimum atomic E-state index is -0.116. The lowest BCUT2D eigenvalue weighted by Crippen LogP contribution is -2.27. The van der Waals surface area contributed by atoms with Crippen LogP contribution in [0.2, 0.25) is 0 Å². The van der Waals surface area contributed by atoms with E-state index in [0.717, 1.165) is 39.6 Å². The third kappa shape index (κ3) is 5.66. The molecule has 0 saturated carbocycles. The molecule has 1 aliphatic rings. The molecule has 192 valence electrons. The highest BCUT2D eigenvalue weighted by atomic mass is 32.2. The smallest absolute Gasteiger partial charge is 0.266 e. The average molecular weight is 542 g/mol. The third-order valence-corrected chi connectivity index (χ3v) is 7.30. The van der Waals surface area contributed by atoms with Gasteiger partial charge in [-0.1, -0.05) is 54.3 Å². The normalized spacial score (nSPS) is 14.5. The van der Waals surface area contributed by atoms with E-state index >= 15 is 0 Å². The summed E-state index contributed by atoms with van der Waals surface area (Å²) in [7, 11) is 1.63. The number of para-hydroxylation sites is 1. The highest BCUT2D eigenvalue weighted by Crippen LogP contribution is 2.36. The van der Waals surface area contributed by atoms with Gasteiger partial charge in [0.1, 0.15) is 15.8 Å². The number of hydrogen-bond acceptors (Lipinski definition) is 6. The van der Waals surface area contributed by atoms with Gasteiger partial charge < -0.3 is 9.47 Å². The molecule has 0 N–H and O–H groups in total. The second-order valence-electron chi connectivity index (χ2n) is 9.02. The fourth-order valence-electron chi connectivity index (χ4n) is 4.08. The fourth-order valence-corrected chi connectivity index (χ4v) is 5.33. The summed E-state index contributed by atoms with van der Waals surface area (Å²) in [5, 5.41) is 4.88. The van der Waals surface area contributed by atoms with Crippen LogP contribution in [0.4, 0.5) is 0 Å². The Morgan fingerprint density at radius 2 is 1.66 bits per heavy atom. The van der Waals surface area contributed by atoms with Crippen molar-refractivity contribution in [3.05, 3.63) is 101 Å². The molecule has 3 aromatic carbocycles. The van der Waals surface area contributed by atoms with Crippen LogP contribution in [0.25, 0.3) is 23.0 Å². The van der Waals surface area contributed by atoms with Gasteiger partial charge in [0.25, 0.3) is 5.91 Å². The van der Waals surface area contributed by atoms with Gasteiger partial charge in [-0.2, -0.15) is 5.10 Å². The Morgan fingerprint density at radius 1 is 0.974 bits per heavy atom. The number of thioether (sulfide) groups is 1. The van der Waals surface area contributed by atoms with Crippen LogP contribution < -0.4 is 9.47 Å². The van der Waals surface area contributed by atoms with Crippen molar-refractivity contribution in [2.75, 3.05) is 7.11 Å². The largest absolute Gasteiger partial charge is 0.497 e. The molecule has 0 bridgehead atoms. The van der Waals surface area contributed by atoms with Crippen LogP contribution in [0.5, 0.6) is 11.5 Å². The third-order valence-electron chi connectivity index (χ3n) is 5.92. The zero-order chi connectivity index (χ0) is 26.6. The zero-order valence-corrected chi connectivity index (χ0v) is 23.0. The van der Waals surface area contributed by atoms with Crippen molar-refractivity contribution in [2.24, 2.45) is 0 Å². The topological polar surface area (TPSA) is 56.6 Å². The van der Waals surface area contributed by atoms with Gasteiger partial charge in [-0.15, -0.1) is 0 Å². The van der Waals surface area contributed by atoms with Gasteiger partial charge in [0.05, 0.1) is 36.0 Å². The van der Waals surface area contributed by atoms with E-state index in [2.05, 4.69) is 0 Å². The van der Waals surface area contributed by atoms with Crippen molar-refractivity contribution in [1.82, 2.24) is 14.7 Å². The highest BCUT2D eigenvalue weighted by molar-refractivity contribution is 8.26. The van der Waals surface area contributed by atoms with Gasteiger partial charge >= 0.3 is 0 Å². The lowest BCUT2D eigenvalue weighted by molar-refractivity contribution is -0.122. The number of carbonyl (C=O) groups excluding carboxylic acids is 1. The number of amides is 1. The van der Waals surface area contributed by atoms with Crippen molar-refractivity contribution in [1.29, 1.82) is 0 Å². The summed E-state index contributed by atoms with van der Waals surface area (Å²) in [5.41, 5.74) is 4.43. The molecule has 1 amide bonds. The number of nitrogens with zero attached hydrogens (tertiary/aromatic N) is 3. The molecule has 1 saturated heterocycles. The maximum atomic E-state index is 13.4. The van der Waals surface area contributed by atoms with Gasteiger partial charge in [0.2, 0.25) is 0 Å². The summed E-state index contributed by atoms with van der Waals surface area (Å²) >= 11 is 6.89. The van der Waals surface area contributed by atoms with Crippen LogP contribution in [0, 0.1) is 0 Å². The molecule has 1 aliphatic heterocycles. The molecule has 2 heterocycles. The second-order valence-corrected chi connectivity index (χ2v) is 10.7. The first kappa shape index (κ1) is 25.8. The van der Waals surface area contributed by atoms with E-state index in [9.17, 15) is 4.79 Å². The van der Waals surface area contributed by atoms with Crippen LogP contribution in [-0.2, 0) is 11.3 Å². The average Bonchev–Trinajstić information content (AvgIpc) is 3.46. The highest BCUT2D eigenvalue weighted by Gasteiger charge is 2.32. The van der Waals surface area contributed by atoms with Crippen LogP contribution in [-0.4, -0.2) is 38.1 Å². The number of rotatable bonds is 8. The van der Waals surface area contributed by atoms with Gasteiger partial charge in [-0.05, 0) is 74.0 Å². The number of carbonyl (C=O) groups is 1. The van der Waals surface area contributed by atoms with Crippen molar-refractivity contribution in [3.8, 4) is 28.4 Å². The van der Waals surface area contributed by atoms with Gasteiger partial charge in [0.15, 0.2) is 0 Å². The van der Waals surface area contributed by atoms with E-state index in [0.29, 0.717) is 15.8 Å². The molecule has 8 heteroatoms. The fraction of sp³-hybridized carbons (Fsp3) is 0.167. The molecule has 4 aromatic rings. The summed E-state index contributed by atoms with van der Waals surface area (Å²) in [6.07, 6.45) is 3.92. The maximum absolute atomic E-state index is 13.4. The summed E-state index contributed by atoms with van der Waals surface area (Å²) in [5.74, 6) is 1.45. The monoisotopic (exact) mass is 541 g/mol. The molecule has 5 rings (SSSR count). The minimum absolute atomic E-state index is 0.0912. The molecular formula is C30H27N3O3S2. The van der Waals surface area contributed by atoms with E-state index in [4.69, 9.17) is 26.8 Å². The predicted octanol–water partition coefficient (Wildman–Crippen LogP) is 6.74. The summed E-state index contributed by atoms with van der Waals surface area (Å²) < 4.78 is 13.4. The first-order valence-corrected chi connectivity index (χ1v) is 13.4.